The van der Waals surface area contributed by atoms with Crippen molar-refractivity contribution >= 4 is 61.4 Å². The third-order valence-electron chi connectivity index (χ3n) is 4.13. The molecule has 0 spiro atoms. The monoisotopic (exact) mass is 473 g/mol. The van der Waals surface area contributed by atoms with Gasteiger partial charge in [-0.1, -0.05) is 47.3 Å². The molecular weight excluding hydrogens is 458 g/mol. The fraction of sp³-hybridized carbons (Fsp3) is 0.105. The lowest BCUT2D eigenvalue weighted by molar-refractivity contribution is -0.116. The van der Waals surface area contributed by atoms with Gasteiger partial charge in [-0.15, -0.1) is 0 Å². The Balaban J connectivity index is 1.45. The lowest BCUT2D eigenvalue weighted by Gasteiger charge is -2.14. The van der Waals surface area contributed by atoms with E-state index in [4.69, 9.17) is 16.7 Å². The molecule has 1 aliphatic heterocycles. The third kappa shape index (κ3) is 4.65. The van der Waals surface area contributed by atoms with Crippen LogP contribution in [0, 0.1) is 6.92 Å². The first-order valence-corrected chi connectivity index (χ1v) is 11.7. The number of hydrogen-bond acceptors (Lipinski definition) is 9. The highest BCUT2D eigenvalue weighted by Crippen LogP contribution is 2.33. The zero-order chi connectivity index (χ0) is 22.0. The summed E-state index contributed by atoms with van der Waals surface area (Å²) < 4.78 is 32.4. The summed E-state index contributed by atoms with van der Waals surface area (Å²) in [6.45, 7) is 1.66. The smallest absolute Gasteiger partial charge is 0.270 e. The van der Waals surface area contributed by atoms with E-state index in [1.165, 1.54) is 35.2 Å². The van der Waals surface area contributed by atoms with Crippen molar-refractivity contribution in [2.75, 3.05) is 9.62 Å². The van der Waals surface area contributed by atoms with Gasteiger partial charge in [0.2, 0.25) is 5.37 Å². The maximum absolute atomic E-state index is 12.7. The van der Waals surface area contributed by atoms with Crippen LogP contribution in [-0.2, 0) is 14.8 Å². The predicted molar refractivity (Wildman–Crippen MR) is 121 cm³/mol. The van der Waals surface area contributed by atoms with Gasteiger partial charge >= 0.3 is 0 Å². The number of hydrogen-bond donors (Lipinski definition) is 1. The Bertz CT molecular complexity index is 1260. The molecule has 3 aromatic rings. The quantitative estimate of drug-likeness (QED) is 0.420. The number of thiocarbonyl (C=S) groups is 1. The Morgan fingerprint density at radius 2 is 1.87 bits per heavy atom. The average molecular weight is 474 g/mol. The maximum atomic E-state index is 12.7. The van der Waals surface area contributed by atoms with Crippen LogP contribution in [0.15, 0.2) is 80.3 Å². The number of azo groups is 1. The molecule has 1 fully saturated rings. The third-order valence-corrected chi connectivity index (χ3v) is 6.88. The summed E-state index contributed by atoms with van der Waals surface area (Å²) in [5, 5.41) is 11.0. The van der Waals surface area contributed by atoms with E-state index in [9.17, 15) is 13.2 Å². The van der Waals surface area contributed by atoms with E-state index >= 15 is 0 Å². The molecule has 2 aromatic carbocycles. The van der Waals surface area contributed by atoms with Crippen molar-refractivity contribution in [1.82, 2.24) is 5.16 Å². The molecule has 31 heavy (non-hydrogen) atoms. The Morgan fingerprint density at radius 3 is 2.52 bits per heavy atom. The van der Waals surface area contributed by atoms with Crippen molar-refractivity contribution in [3.63, 3.8) is 0 Å². The Kier molecular flexibility index (Phi) is 5.85. The van der Waals surface area contributed by atoms with Crippen LogP contribution in [0.2, 0.25) is 0 Å². The summed E-state index contributed by atoms with van der Waals surface area (Å²) in [6, 6.07) is 16.3. The molecule has 1 amide bonds. The molecule has 0 bridgehead atoms. The first-order chi connectivity index (χ1) is 14.8. The van der Waals surface area contributed by atoms with E-state index in [0.29, 0.717) is 21.5 Å². The van der Waals surface area contributed by atoms with Crippen LogP contribution in [0.5, 0.6) is 0 Å². The highest BCUT2D eigenvalue weighted by molar-refractivity contribution is 8.25. The second-order valence-corrected chi connectivity index (χ2v) is 9.78. The van der Waals surface area contributed by atoms with Gasteiger partial charge in [-0.05, 0) is 43.3 Å². The molecular formula is C19H15N5O4S3. The van der Waals surface area contributed by atoms with Crippen LogP contribution >= 0.6 is 24.0 Å². The number of nitrogens with zero attached hydrogens (tertiary/aromatic N) is 4. The highest BCUT2D eigenvalue weighted by Gasteiger charge is 2.38. The minimum atomic E-state index is -3.83. The first-order valence-electron chi connectivity index (χ1n) is 8.90. The number of aromatic nitrogens is 1. The van der Waals surface area contributed by atoms with Crippen LogP contribution in [0.3, 0.4) is 0 Å². The van der Waals surface area contributed by atoms with Gasteiger partial charge in [0, 0.05) is 6.07 Å². The van der Waals surface area contributed by atoms with Gasteiger partial charge in [0.15, 0.2) is 5.82 Å². The Labute approximate surface area is 187 Å². The number of nitrogens with one attached hydrogen (secondary N) is 1. The van der Waals surface area contributed by atoms with Crippen molar-refractivity contribution in [1.29, 1.82) is 0 Å². The molecule has 2 heterocycles. The van der Waals surface area contributed by atoms with Gasteiger partial charge in [-0.2, -0.15) is 10.2 Å². The number of para-hydroxylation sites is 1. The molecule has 1 aliphatic rings. The molecule has 1 unspecified atom stereocenters. The van der Waals surface area contributed by atoms with Crippen molar-refractivity contribution in [2.24, 2.45) is 10.2 Å². The molecule has 1 aromatic heterocycles. The molecule has 158 valence electrons. The number of benzene rings is 2. The summed E-state index contributed by atoms with van der Waals surface area (Å²) in [5.41, 5.74) is 1.07. The molecule has 0 saturated carbocycles. The largest absolute Gasteiger partial charge is 0.360 e. The van der Waals surface area contributed by atoms with Crippen molar-refractivity contribution in [3.05, 3.63) is 66.4 Å². The zero-order valence-electron chi connectivity index (χ0n) is 16.0. The lowest BCUT2D eigenvalue weighted by Crippen LogP contribution is -2.30. The second kappa shape index (κ2) is 8.57. The number of thioether (sulfide) groups is 1. The normalized spacial score (nSPS) is 16.9. The van der Waals surface area contributed by atoms with Crippen LogP contribution in [0.1, 0.15) is 5.76 Å². The summed E-state index contributed by atoms with van der Waals surface area (Å²) in [5.74, 6) is 0.298. The standard InChI is InChI=1S/C19H15N5O4S3/c1-12-11-16(22-28-12)23-31(26,27)15-9-7-13(8-10-15)20-21-17-18(25)24(19(29)30-17)14-5-3-2-4-6-14/h2-11,17H,1H3,(H,22,23). The van der Waals surface area contributed by atoms with Crippen LogP contribution in [0.4, 0.5) is 17.2 Å². The van der Waals surface area contributed by atoms with Crippen molar-refractivity contribution < 1.29 is 17.7 Å². The van der Waals surface area contributed by atoms with Gasteiger partial charge in [0.05, 0.1) is 16.3 Å². The predicted octanol–water partition coefficient (Wildman–Crippen LogP) is 4.26. The average Bonchev–Trinajstić information content (AvgIpc) is 3.28. The molecule has 9 nitrogen and oxygen atoms in total. The van der Waals surface area contributed by atoms with Gasteiger partial charge < -0.3 is 4.52 Å². The van der Waals surface area contributed by atoms with Crippen molar-refractivity contribution in [3.8, 4) is 0 Å². The number of sulfonamides is 1. The number of rotatable bonds is 6. The summed E-state index contributed by atoms with van der Waals surface area (Å²) >= 11 is 6.43. The van der Waals surface area contributed by atoms with Gasteiger partial charge in [0.25, 0.3) is 15.9 Å². The van der Waals surface area contributed by atoms with E-state index in [2.05, 4.69) is 20.1 Å². The fourth-order valence-electron chi connectivity index (χ4n) is 2.70. The van der Waals surface area contributed by atoms with E-state index < -0.39 is 15.4 Å². The van der Waals surface area contributed by atoms with Gasteiger partial charge in [-0.3, -0.25) is 14.4 Å². The maximum Gasteiger partial charge on any atom is 0.270 e. The Morgan fingerprint density at radius 1 is 1.16 bits per heavy atom. The van der Waals surface area contributed by atoms with E-state index in [1.807, 2.05) is 18.2 Å². The summed E-state index contributed by atoms with van der Waals surface area (Å²) in [7, 11) is -3.83. The van der Waals surface area contributed by atoms with E-state index in [0.717, 1.165) is 11.8 Å². The second-order valence-electron chi connectivity index (χ2n) is 6.38. The topological polar surface area (TPSA) is 117 Å². The molecule has 1 saturated heterocycles. The molecule has 1 atom stereocenters. The number of amides is 1. The van der Waals surface area contributed by atoms with Gasteiger partial charge in [-0.25, -0.2) is 8.42 Å². The van der Waals surface area contributed by atoms with Crippen LogP contribution < -0.4 is 9.62 Å². The molecule has 4 rings (SSSR count). The molecule has 0 radical (unpaired) electrons. The first kappa shape index (κ1) is 21.2. The van der Waals surface area contributed by atoms with Crippen LogP contribution in [0.25, 0.3) is 0 Å². The van der Waals surface area contributed by atoms with Gasteiger partial charge in [0.1, 0.15) is 10.1 Å². The minimum absolute atomic E-state index is 0.0230. The summed E-state index contributed by atoms with van der Waals surface area (Å²) in [4.78, 5) is 14.1. The highest BCUT2D eigenvalue weighted by atomic mass is 32.2. The fourth-order valence-corrected chi connectivity index (χ4v) is 4.95. The van der Waals surface area contributed by atoms with E-state index in [-0.39, 0.29) is 16.6 Å². The number of carbonyl (C=O) groups excluding carboxylic acids is 1. The zero-order valence-corrected chi connectivity index (χ0v) is 18.4. The number of aryl methyl sites for hydroxylation is 1. The van der Waals surface area contributed by atoms with Crippen molar-refractivity contribution in [2.45, 2.75) is 17.2 Å². The number of carbonyl (C=O) groups is 1. The molecule has 1 N–H and O–H groups in total. The minimum Gasteiger partial charge on any atom is -0.360 e. The van der Waals surface area contributed by atoms with Crippen LogP contribution in [-0.4, -0.2) is 29.2 Å². The lowest BCUT2D eigenvalue weighted by atomic mass is 10.3. The molecule has 12 heteroatoms. The molecule has 0 aliphatic carbocycles. The summed E-state index contributed by atoms with van der Waals surface area (Å²) in [6.07, 6.45) is 0. The number of anilines is 2. The SMILES string of the molecule is Cc1cc(NS(=O)(=O)c2ccc(N=NC3SC(=S)N(c4ccccc4)C3=O)cc2)no1. The van der Waals surface area contributed by atoms with E-state index in [1.54, 1.807) is 19.1 Å². The Hall–Kier alpha value is -3.09.